The van der Waals surface area contributed by atoms with E-state index in [4.69, 9.17) is 13.9 Å². The Morgan fingerprint density at radius 1 is 1.00 bits per heavy atom. The average molecular weight is 447 g/mol. The number of furan rings is 1. The summed E-state index contributed by atoms with van der Waals surface area (Å²) in [6, 6.07) is 10.9. The van der Waals surface area contributed by atoms with Gasteiger partial charge in [-0.25, -0.2) is 4.79 Å². The highest BCUT2D eigenvalue weighted by molar-refractivity contribution is 6.05. The largest absolute Gasteiger partial charge is 0.480 e. The van der Waals surface area contributed by atoms with Crippen LogP contribution in [0.3, 0.4) is 0 Å². The summed E-state index contributed by atoms with van der Waals surface area (Å²) >= 11 is 0. The molecule has 0 bridgehead atoms. The molecule has 2 N–H and O–H groups in total. The lowest BCUT2D eigenvalue weighted by atomic mass is 9.96. The third kappa shape index (κ3) is 4.02. The molecule has 1 unspecified atom stereocenters. The Labute approximate surface area is 190 Å². The maximum absolute atomic E-state index is 12.8. The molecule has 0 spiro atoms. The van der Waals surface area contributed by atoms with E-state index in [1.165, 1.54) is 6.92 Å². The van der Waals surface area contributed by atoms with E-state index in [9.17, 15) is 14.4 Å². The minimum absolute atomic E-state index is 0.0178. The molecule has 0 saturated carbocycles. The number of amides is 1. The molecule has 2 heterocycles. The highest BCUT2D eigenvalue weighted by Gasteiger charge is 2.21. The zero-order valence-electron chi connectivity index (χ0n) is 18.9. The van der Waals surface area contributed by atoms with Crippen molar-refractivity contribution in [3.05, 3.63) is 69.3 Å². The Morgan fingerprint density at radius 3 is 2.33 bits per heavy atom. The number of carboxylic acid groups (broad SMARTS) is 1. The Hall–Kier alpha value is -3.87. The molecule has 33 heavy (non-hydrogen) atoms. The fourth-order valence-electron chi connectivity index (χ4n) is 4.24. The molecule has 7 nitrogen and oxygen atoms in total. The van der Waals surface area contributed by atoms with E-state index in [-0.39, 0.29) is 12.8 Å². The predicted molar refractivity (Wildman–Crippen MR) is 125 cm³/mol. The zero-order valence-corrected chi connectivity index (χ0v) is 18.9. The van der Waals surface area contributed by atoms with Crippen LogP contribution >= 0.6 is 0 Å². The first-order valence-electron chi connectivity index (χ1n) is 10.8. The number of hydrogen-bond donors (Lipinski definition) is 2. The minimum Gasteiger partial charge on any atom is -0.480 e. The van der Waals surface area contributed by atoms with Gasteiger partial charge in [0.2, 0.25) is 5.91 Å². The number of benzene rings is 2. The fraction of sp³-hybridized carbons (Fsp3) is 0.269. The van der Waals surface area contributed by atoms with Crippen LogP contribution in [0, 0.1) is 20.8 Å². The van der Waals surface area contributed by atoms with E-state index in [2.05, 4.69) is 5.32 Å². The first-order chi connectivity index (χ1) is 15.7. The van der Waals surface area contributed by atoms with E-state index in [1.54, 1.807) is 0 Å². The van der Waals surface area contributed by atoms with E-state index >= 15 is 0 Å². The number of carbonyl (C=O) groups excluding carboxylic acids is 1. The van der Waals surface area contributed by atoms with Gasteiger partial charge in [-0.15, -0.1) is 0 Å². The number of hydrogen-bond acceptors (Lipinski definition) is 5. The third-order valence-electron chi connectivity index (χ3n) is 6.05. The van der Waals surface area contributed by atoms with Crippen molar-refractivity contribution in [1.29, 1.82) is 0 Å². The van der Waals surface area contributed by atoms with E-state index in [1.807, 2.05) is 57.2 Å². The molecule has 2 aromatic carbocycles. The summed E-state index contributed by atoms with van der Waals surface area (Å²) in [6.45, 7) is 7.01. The van der Waals surface area contributed by atoms with Crippen LogP contribution in [-0.2, 0) is 16.0 Å². The predicted octanol–water partition coefficient (Wildman–Crippen LogP) is 4.65. The highest BCUT2D eigenvalue weighted by atomic mass is 16.4. The normalized spacial score (nSPS) is 12.2. The number of rotatable bonds is 6. The van der Waals surface area contributed by atoms with Crippen molar-refractivity contribution in [2.24, 2.45) is 0 Å². The average Bonchev–Trinajstić information content (AvgIpc) is 3.11. The molecule has 0 radical (unpaired) electrons. The van der Waals surface area contributed by atoms with Gasteiger partial charge < -0.3 is 19.3 Å². The molecular weight excluding hydrogens is 422 g/mol. The topological polar surface area (TPSA) is 110 Å². The summed E-state index contributed by atoms with van der Waals surface area (Å²) in [5, 5.41) is 13.1. The maximum Gasteiger partial charge on any atom is 0.339 e. The van der Waals surface area contributed by atoms with Crippen molar-refractivity contribution in [2.45, 2.75) is 46.6 Å². The summed E-state index contributed by atoms with van der Waals surface area (Å²) in [7, 11) is 0. The molecule has 0 aliphatic rings. The SMILES string of the molecule is Cc1oc2c(C)c3oc(=O)c(CCC(=O)NC(C)C(=O)O)c(C)c3cc2c1-c1ccccc1. The number of carboxylic acids is 1. The molecule has 4 aromatic rings. The third-order valence-corrected chi connectivity index (χ3v) is 6.05. The smallest absolute Gasteiger partial charge is 0.339 e. The second-order valence-electron chi connectivity index (χ2n) is 8.27. The van der Waals surface area contributed by atoms with E-state index in [0.29, 0.717) is 16.7 Å². The molecule has 2 aromatic heterocycles. The van der Waals surface area contributed by atoms with Crippen LogP contribution < -0.4 is 10.9 Å². The summed E-state index contributed by atoms with van der Waals surface area (Å²) in [5.41, 5.74) is 4.55. The number of aliphatic carboxylic acids is 1. The van der Waals surface area contributed by atoms with Gasteiger partial charge in [0, 0.05) is 33.9 Å². The number of carbonyl (C=O) groups is 2. The first-order valence-corrected chi connectivity index (χ1v) is 10.8. The van der Waals surface area contributed by atoms with E-state index in [0.717, 1.165) is 38.8 Å². The number of nitrogens with one attached hydrogen (secondary N) is 1. The second kappa shape index (κ2) is 8.58. The van der Waals surface area contributed by atoms with Crippen LogP contribution in [0.5, 0.6) is 0 Å². The molecule has 0 saturated heterocycles. The van der Waals surface area contributed by atoms with Gasteiger partial charge in [0.05, 0.1) is 0 Å². The number of aryl methyl sites for hydroxylation is 3. The first kappa shape index (κ1) is 22.3. The maximum atomic E-state index is 12.8. The lowest BCUT2D eigenvalue weighted by Gasteiger charge is -2.11. The quantitative estimate of drug-likeness (QED) is 0.416. The molecular formula is C26H25NO6. The van der Waals surface area contributed by atoms with Crippen molar-refractivity contribution in [3.63, 3.8) is 0 Å². The second-order valence-corrected chi connectivity index (χ2v) is 8.27. The Balaban J connectivity index is 1.80. The fourth-order valence-corrected chi connectivity index (χ4v) is 4.24. The standard InChI is InChI=1S/C26H25NO6/c1-13-18(10-11-21(28)27-15(3)25(29)30)26(31)33-23-14(2)24-20(12-19(13)23)22(16(4)32-24)17-8-6-5-7-9-17/h5-9,12,15H,10-11H2,1-4H3,(H,27,28)(H,29,30). The van der Waals surface area contributed by atoms with Crippen LogP contribution in [0.1, 0.15) is 35.8 Å². The van der Waals surface area contributed by atoms with Gasteiger partial charge in [0.25, 0.3) is 0 Å². The molecule has 0 fully saturated rings. The zero-order chi connectivity index (χ0) is 23.9. The molecule has 4 rings (SSSR count). The van der Waals surface area contributed by atoms with Crippen molar-refractivity contribution in [3.8, 4) is 11.1 Å². The highest BCUT2D eigenvalue weighted by Crippen LogP contribution is 2.39. The summed E-state index contributed by atoms with van der Waals surface area (Å²) < 4.78 is 11.8. The monoisotopic (exact) mass is 447 g/mol. The van der Waals surface area contributed by atoms with Gasteiger partial charge in [0.1, 0.15) is 23.0 Å². The van der Waals surface area contributed by atoms with Gasteiger partial charge >= 0.3 is 11.6 Å². The van der Waals surface area contributed by atoms with Gasteiger partial charge in [-0.2, -0.15) is 0 Å². The minimum atomic E-state index is -1.12. The van der Waals surface area contributed by atoms with Crippen molar-refractivity contribution < 1.29 is 23.5 Å². The van der Waals surface area contributed by atoms with Crippen LogP contribution in [0.25, 0.3) is 33.1 Å². The van der Waals surface area contributed by atoms with Crippen molar-refractivity contribution >= 4 is 33.8 Å². The summed E-state index contributed by atoms with van der Waals surface area (Å²) in [5.74, 6) is -0.778. The molecule has 1 atom stereocenters. The summed E-state index contributed by atoms with van der Waals surface area (Å²) in [4.78, 5) is 35.8. The Morgan fingerprint density at radius 2 is 1.67 bits per heavy atom. The Bertz CT molecular complexity index is 1450. The van der Waals surface area contributed by atoms with Crippen LogP contribution in [-0.4, -0.2) is 23.0 Å². The van der Waals surface area contributed by atoms with Crippen LogP contribution in [0.4, 0.5) is 0 Å². The van der Waals surface area contributed by atoms with Crippen LogP contribution in [0.2, 0.25) is 0 Å². The lowest BCUT2D eigenvalue weighted by Crippen LogP contribution is -2.38. The number of fused-ring (bicyclic) bond motifs is 2. The van der Waals surface area contributed by atoms with Gasteiger partial charge in [-0.3, -0.25) is 9.59 Å². The molecule has 7 heteroatoms. The van der Waals surface area contributed by atoms with Crippen molar-refractivity contribution in [1.82, 2.24) is 5.32 Å². The summed E-state index contributed by atoms with van der Waals surface area (Å²) in [6.07, 6.45) is 0.130. The molecule has 0 aliphatic heterocycles. The van der Waals surface area contributed by atoms with E-state index < -0.39 is 23.5 Å². The molecule has 1 amide bonds. The lowest BCUT2D eigenvalue weighted by molar-refractivity contribution is -0.141. The molecule has 0 aliphatic carbocycles. The molecule has 170 valence electrons. The van der Waals surface area contributed by atoms with Gasteiger partial charge in [0.15, 0.2) is 0 Å². The van der Waals surface area contributed by atoms with Crippen molar-refractivity contribution in [2.75, 3.05) is 0 Å². The van der Waals surface area contributed by atoms with Gasteiger partial charge in [-0.1, -0.05) is 30.3 Å². The Kier molecular flexibility index (Phi) is 5.80. The van der Waals surface area contributed by atoms with Gasteiger partial charge in [-0.05, 0) is 51.3 Å². The van der Waals surface area contributed by atoms with Crippen LogP contribution in [0.15, 0.2) is 50.0 Å².